The van der Waals surface area contributed by atoms with Crippen molar-refractivity contribution in [2.75, 3.05) is 18.4 Å². The molecule has 1 saturated heterocycles. The van der Waals surface area contributed by atoms with Crippen molar-refractivity contribution in [3.8, 4) is 0 Å². The van der Waals surface area contributed by atoms with E-state index in [0.29, 0.717) is 17.7 Å². The fourth-order valence-electron chi connectivity index (χ4n) is 4.48. The quantitative estimate of drug-likeness (QED) is 0.782. The third-order valence-corrected chi connectivity index (χ3v) is 5.88. The number of halogens is 1. The van der Waals surface area contributed by atoms with E-state index < -0.39 is 0 Å². The topological polar surface area (TPSA) is 65.2 Å². The van der Waals surface area contributed by atoms with Gasteiger partial charge in [-0.2, -0.15) is 0 Å². The Labute approximate surface area is 163 Å². The Morgan fingerprint density at radius 1 is 1.25 bits per heavy atom. The number of carbonyl (C=O) groups is 2. The number of aromatic nitrogens is 1. The van der Waals surface area contributed by atoms with Gasteiger partial charge in [-0.3, -0.25) is 9.59 Å². The molecule has 2 N–H and O–H groups in total. The first-order chi connectivity index (χ1) is 13.5. The molecule has 0 bridgehead atoms. The Bertz CT molecular complexity index is 984. The number of hydrogen-bond acceptors (Lipinski definition) is 2. The van der Waals surface area contributed by atoms with Crippen LogP contribution in [0.1, 0.15) is 59.1 Å². The number of allylic oxidation sites excluding steroid dienone is 2. The van der Waals surface area contributed by atoms with E-state index in [-0.39, 0.29) is 11.7 Å². The van der Waals surface area contributed by atoms with Crippen molar-refractivity contribution in [2.45, 2.75) is 39.5 Å². The fraction of sp³-hybridized carbons (Fsp3) is 0.364. The molecule has 1 aromatic heterocycles. The standard InChI is InChI=1S/C22H24FN3O2/c1-13(18-11-15(23)5-8-19(18)24-12-27)16-6-7-17-20(14(2)25-21(16)17)22(28)26-9-3-4-10-26/h5,8,11-12,25H,3-4,6-7,9-10H2,1-2H3,(H,24,27)/b16-13+. The summed E-state index contributed by atoms with van der Waals surface area (Å²) in [5, 5.41) is 2.65. The largest absolute Gasteiger partial charge is 0.358 e. The summed E-state index contributed by atoms with van der Waals surface area (Å²) in [6.07, 6.45) is 4.29. The number of likely N-dealkylation sites (tertiary alicyclic amines) is 1. The van der Waals surface area contributed by atoms with Gasteiger partial charge in [-0.15, -0.1) is 0 Å². The number of hydrogen-bond donors (Lipinski definition) is 2. The van der Waals surface area contributed by atoms with Gasteiger partial charge in [-0.1, -0.05) is 0 Å². The summed E-state index contributed by atoms with van der Waals surface area (Å²) in [5.41, 5.74) is 6.93. The molecule has 0 saturated carbocycles. The van der Waals surface area contributed by atoms with E-state index in [1.165, 1.54) is 12.1 Å². The van der Waals surface area contributed by atoms with Gasteiger partial charge >= 0.3 is 0 Å². The van der Waals surface area contributed by atoms with E-state index in [1.54, 1.807) is 6.07 Å². The third kappa shape index (κ3) is 3.03. The Balaban J connectivity index is 1.78. The van der Waals surface area contributed by atoms with Crippen molar-refractivity contribution in [1.82, 2.24) is 9.88 Å². The highest BCUT2D eigenvalue weighted by Crippen LogP contribution is 2.41. The average Bonchev–Trinajstić information content (AvgIpc) is 3.39. The molecule has 0 unspecified atom stereocenters. The molecule has 28 heavy (non-hydrogen) atoms. The minimum atomic E-state index is -0.350. The van der Waals surface area contributed by atoms with Gasteiger partial charge in [0, 0.05) is 35.7 Å². The number of H-pyrrole nitrogens is 1. The highest BCUT2D eigenvalue weighted by molar-refractivity contribution is 6.02. The lowest BCUT2D eigenvalue weighted by Gasteiger charge is -2.15. The van der Waals surface area contributed by atoms with Crippen LogP contribution in [-0.2, 0) is 11.2 Å². The van der Waals surface area contributed by atoms with Crippen LogP contribution < -0.4 is 5.32 Å². The van der Waals surface area contributed by atoms with E-state index in [2.05, 4.69) is 10.3 Å². The Morgan fingerprint density at radius 3 is 2.71 bits per heavy atom. The number of rotatable bonds is 4. The summed E-state index contributed by atoms with van der Waals surface area (Å²) in [7, 11) is 0. The van der Waals surface area contributed by atoms with Crippen LogP contribution in [-0.4, -0.2) is 35.3 Å². The molecule has 2 heterocycles. The van der Waals surface area contributed by atoms with Crippen LogP contribution >= 0.6 is 0 Å². The van der Waals surface area contributed by atoms with Crippen molar-refractivity contribution >= 4 is 29.2 Å². The first-order valence-electron chi connectivity index (χ1n) is 9.72. The van der Waals surface area contributed by atoms with Gasteiger partial charge in [0.05, 0.1) is 5.56 Å². The molecule has 0 atom stereocenters. The Morgan fingerprint density at radius 2 is 2.00 bits per heavy atom. The van der Waals surface area contributed by atoms with Crippen LogP contribution in [0.25, 0.3) is 11.1 Å². The number of fused-ring (bicyclic) bond motifs is 1. The second kappa shape index (κ2) is 7.26. The van der Waals surface area contributed by atoms with Gasteiger partial charge in [-0.25, -0.2) is 4.39 Å². The van der Waals surface area contributed by atoms with Crippen molar-refractivity contribution < 1.29 is 14.0 Å². The highest BCUT2D eigenvalue weighted by Gasteiger charge is 2.31. The lowest BCUT2D eigenvalue weighted by Crippen LogP contribution is -2.28. The minimum absolute atomic E-state index is 0.112. The van der Waals surface area contributed by atoms with Gasteiger partial charge in [0.25, 0.3) is 5.91 Å². The Hall–Kier alpha value is -2.89. The van der Waals surface area contributed by atoms with Gasteiger partial charge in [0.15, 0.2) is 0 Å². The maximum absolute atomic E-state index is 13.9. The number of amides is 2. The lowest BCUT2D eigenvalue weighted by atomic mass is 9.98. The molecule has 2 aliphatic rings. The van der Waals surface area contributed by atoms with Crippen LogP contribution in [0.5, 0.6) is 0 Å². The van der Waals surface area contributed by atoms with E-state index in [1.807, 2.05) is 18.7 Å². The van der Waals surface area contributed by atoms with Crippen molar-refractivity contribution in [3.63, 3.8) is 0 Å². The summed E-state index contributed by atoms with van der Waals surface area (Å²) in [6, 6.07) is 4.35. The molecule has 146 valence electrons. The van der Waals surface area contributed by atoms with E-state index in [9.17, 15) is 14.0 Å². The number of aromatic amines is 1. The summed E-state index contributed by atoms with van der Waals surface area (Å²) in [4.78, 5) is 29.3. The predicted molar refractivity (Wildman–Crippen MR) is 108 cm³/mol. The molecular formula is C22H24FN3O2. The first kappa shape index (κ1) is 18.5. The first-order valence-corrected chi connectivity index (χ1v) is 9.72. The van der Waals surface area contributed by atoms with E-state index in [4.69, 9.17) is 0 Å². The summed E-state index contributed by atoms with van der Waals surface area (Å²) < 4.78 is 13.9. The van der Waals surface area contributed by atoms with Crippen LogP contribution in [0.2, 0.25) is 0 Å². The molecule has 4 rings (SSSR count). The van der Waals surface area contributed by atoms with E-state index in [0.717, 1.165) is 72.4 Å². The number of carbonyl (C=O) groups excluding carboxylic acids is 2. The third-order valence-electron chi connectivity index (χ3n) is 5.88. The lowest BCUT2D eigenvalue weighted by molar-refractivity contribution is -0.105. The number of anilines is 1. The molecule has 2 aromatic rings. The maximum atomic E-state index is 13.9. The monoisotopic (exact) mass is 381 g/mol. The Kier molecular flexibility index (Phi) is 4.79. The molecule has 0 radical (unpaired) electrons. The zero-order valence-corrected chi connectivity index (χ0v) is 16.2. The van der Waals surface area contributed by atoms with E-state index >= 15 is 0 Å². The summed E-state index contributed by atoms with van der Waals surface area (Å²) in [6.45, 7) is 5.53. The average molecular weight is 381 g/mol. The van der Waals surface area contributed by atoms with Crippen molar-refractivity contribution in [3.05, 3.63) is 52.1 Å². The SMILES string of the molecule is C/C(=C1/CCc2c1[nH]c(C)c2C(=O)N1CCCC1)c1cc(F)ccc1NC=O. The van der Waals surface area contributed by atoms with Crippen LogP contribution in [0.3, 0.4) is 0 Å². The molecule has 1 aromatic carbocycles. The maximum Gasteiger partial charge on any atom is 0.255 e. The number of nitrogens with zero attached hydrogens (tertiary/aromatic N) is 1. The number of nitrogens with one attached hydrogen (secondary N) is 2. The molecule has 1 fully saturated rings. The molecule has 2 amide bonds. The highest BCUT2D eigenvalue weighted by atomic mass is 19.1. The second-order valence-electron chi connectivity index (χ2n) is 7.53. The van der Waals surface area contributed by atoms with Crippen LogP contribution in [0, 0.1) is 12.7 Å². The minimum Gasteiger partial charge on any atom is -0.358 e. The molecular weight excluding hydrogens is 357 g/mol. The zero-order valence-electron chi connectivity index (χ0n) is 16.2. The molecule has 5 nitrogen and oxygen atoms in total. The van der Waals surface area contributed by atoms with Crippen LogP contribution in [0.4, 0.5) is 10.1 Å². The van der Waals surface area contributed by atoms with Gasteiger partial charge in [-0.05, 0) is 74.4 Å². The molecule has 1 aliphatic heterocycles. The zero-order chi connectivity index (χ0) is 19.8. The van der Waals surface area contributed by atoms with Gasteiger partial charge in [0.2, 0.25) is 6.41 Å². The fourth-order valence-corrected chi connectivity index (χ4v) is 4.48. The predicted octanol–water partition coefficient (Wildman–Crippen LogP) is 4.14. The van der Waals surface area contributed by atoms with Crippen LogP contribution in [0.15, 0.2) is 18.2 Å². The van der Waals surface area contributed by atoms with Crippen molar-refractivity contribution in [1.29, 1.82) is 0 Å². The molecule has 0 spiro atoms. The summed E-state index contributed by atoms with van der Waals surface area (Å²) >= 11 is 0. The summed E-state index contributed by atoms with van der Waals surface area (Å²) in [5.74, 6) is -0.238. The van der Waals surface area contributed by atoms with Gasteiger partial charge in [0.1, 0.15) is 5.82 Å². The van der Waals surface area contributed by atoms with Gasteiger partial charge < -0.3 is 15.2 Å². The number of aryl methyl sites for hydroxylation is 1. The molecule has 6 heteroatoms. The normalized spacial score (nSPS) is 17.6. The smallest absolute Gasteiger partial charge is 0.255 e. The second-order valence-corrected chi connectivity index (χ2v) is 7.53. The number of benzene rings is 1. The van der Waals surface area contributed by atoms with Crippen molar-refractivity contribution in [2.24, 2.45) is 0 Å². The molecule has 1 aliphatic carbocycles.